The molecule has 0 aromatic heterocycles. The molecule has 0 radical (unpaired) electrons. The van der Waals surface area contributed by atoms with Gasteiger partial charge in [0.25, 0.3) is 0 Å². The first kappa shape index (κ1) is 14.7. The molecular weight excluding hydrogens is 261 g/mol. The van der Waals surface area contributed by atoms with Gasteiger partial charge in [0.15, 0.2) is 0 Å². The first-order chi connectivity index (χ1) is 7.57. The molecule has 1 aliphatic heterocycles. The number of sulfonamides is 1. The van der Waals surface area contributed by atoms with E-state index in [0.717, 1.165) is 6.26 Å². The van der Waals surface area contributed by atoms with Gasteiger partial charge in [-0.15, -0.1) is 0 Å². The number of β-amino-alcohol motifs (C(OH)–C–C–N with tert-alkyl or cyclic N) is 1. The summed E-state index contributed by atoms with van der Waals surface area (Å²) < 4.78 is 60.0. The van der Waals surface area contributed by atoms with Gasteiger partial charge < -0.3 is 5.11 Å². The Labute approximate surface area is 97.6 Å². The predicted molar refractivity (Wildman–Crippen MR) is 54.9 cm³/mol. The van der Waals surface area contributed by atoms with Crippen LogP contribution in [0, 0.1) is 0 Å². The van der Waals surface area contributed by atoms with Crippen LogP contribution in [0.5, 0.6) is 0 Å². The Kier molecular flexibility index (Phi) is 4.39. The van der Waals surface area contributed by atoms with Gasteiger partial charge in [-0.3, -0.25) is 4.90 Å². The van der Waals surface area contributed by atoms with Crippen LogP contribution >= 0.6 is 0 Å². The number of nitrogens with zero attached hydrogens (tertiary/aromatic N) is 1. The molecule has 0 saturated carbocycles. The summed E-state index contributed by atoms with van der Waals surface area (Å²) in [5.41, 5.74) is 0. The molecule has 0 unspecified atom stereocenters. The van der Waals surface area contributed by atoms with Crippen molar-refractivity contribution in [3.63, 3.8) is 0 Å². The molecule has 9 heteroatoms. The van der Waals surface area contributed by atoms with Crippen molar-refractivity contribution < 1.29 is 26.7 Å². The van der Waals surface area contributed by atoms with Crippen molar-refractivity contribution in [3.05, 3.63) is 0 Å². The van der Waals surface area contributed by atoms with Crippen LogP contribution in [0.3, 0.4) is 0 Å². The van der Waals surface area contributed by atoms with E-state index >= 15 is 0 Å². The molecule has 0 aromatic carbocycles. The minimum Gasteiger partial charge on any atom is -0.390 e. The van der Waals surface area contributed by atoms with Gasteiger partial charge in [-0.2, -0.15) is 13.2 Å². The Hall–Kier alpha value is -0.380. The van der Waals surface area contributed by atoms with Crippen LogP contribution in [0.25, 0.3) is 0 Å². The molecule has 0 bridgehead atoms. The SMILES string of the molecule is CS(=O)(=O)N[C@@H]1CN(CCC(F)(F)F)C[C@H]1O. The predicted octanol–water partition coefficient (Wildman–Crippen LogP) is -0.467. The first-order valence-electron chi connectivity index (χ1n) is 5.01. The van der Waals surface area contributed by atoms with Gasteiger partial charge in [-0.1, -0.05) is 0 Å². The molecular formula is C8H15F3N2O3S. The fraction of sp³-hybridized carbons (Fsp3) is 1.00. The number of alkyl halides is 3. The highest BCUT2D eigenvalue weighted by atomic mass is 32.2. The number of aliphatic hydroxyl groups excluding tert-OH is 1. The van der Waals surface area contributed by atoms with Crippen molar-refractivity contribution in [2.24, 2.45) is 0 Å². The van der Waals surface area contributed by atoms with E-state index in [0.29, 0.717) is 0 Å². The van der Waals surface area contributed by atoms with Crippen LogP contribution in [0.1, 0.15) is 6.42 Å². The quantitative estimate of drug-likeness (QED) is 0.728. The fourth-order valence-electron chi connectivity index (χ4n) is 1.72. The largest absolute Gasteiger partial charge is 0.390 e. The average Bonchev–Trinajstić information content (AvgIpc) is 2.40. The second kappa shape index (κ2) is 5.09. The third kappa shape index (κ3) is 5.66. The van der Waals surface area contributed by atoms with E-state index in [9.17, 15) is 26.7 Å². The lowest BCUT2D eigenvalue weighted by Gasteiger charge is -2.16. The zero-order valence-electron chi connectivity index (χ0n) is 9.24. The molecule has 1 fully saturated rings. The van der Waals surface area contributed by atoms with Gasteiger partial charge >= 0.3 is 6.18 Å². The number of halogens is 3. The van der Waals surface area contributed by atoms with Crippen molar-refractivity contribution in [2.45, 2.75) is 24.7 Å². The molecule has 17 heavy (non-hydrogen) atoms. The third-order valence-electron chi connectivity index (χ3n) is 2.44. The van der Waals surface area contributed by atoms with Crippen molar-refractivity contribution >= 4 is 10.0 Å². The first-order valence-corrected chi connectivity index (χ1v) is 6.90. The second-order valence-electron chi connectivity index (χ2n) is 4.19. The molecule has 1 aliphatic rings. The number of likely N-dealkylation sites (tertiary alicyclic amines) is 1. The van der Waals surface area contributed by atoms with E-state index in [1.165, 1.54) is 4.90 Å². The summed E-state index contributed by atoms with van der Waals surface area (Å²) in [5, 5.41) is 9.50. The third-order valence-corrected chi connectivity index (χ3v) is 3.17. The highest BCUT2D eigenvalue weighted by Gasteiger charge is 2.35. The smallest absolute Gasteiger partial charge is 0.390 e. The summed E-state index contributed by atoms with van der Waals surface area (Å²) >= 11 is 0. The lowest BCUT2D eigenvalue weighted by molar-refractivity contribution is -0.137. The van der Waals surface area contributed by atoms with E-state index in [1.807, 2.05) is 0 Å². The van der Waals surface area contributed by atoms with Gasteiger partial charge in [0.2, 0.25) is 10.0 Å². The fourth-order valence-corrected chi connectivity index (χ4v) is 2.51. The summed E-state index contributed by atoms with van der Waals surface area (Å²) in [5.74, 6) is 0. The number of nitrogens with one attached hydrogen (secondary N) is 1. The normalized spacial score (nSPS) is 27.6. The number of aliphatic hydroxyl groups is 1. The summed E-state index contributed by atoms with van der Waals surface area (Å²) in [6, 6.07) is -0.738. The van der Waals surface area contributed by atoms with E-state index in [1.54, 1.807) is 0 Å². The Balaban J connectivity index is 2.44. The Bertz CT molecular complexity index is 358. The minimum absolute atomic E-state index is 0.0449. The molecule has 0 aromatic rings. The van der Waals surface area contributed by atoms with Gasteiger partial charge in [0.05, 0.1) is 24.8 Å². The highest BCUT2D eigenvalue weighted by molar-refractivity contribution is 7.88. The standard InChI is InChI=1S/C8H15F3N2O3S/c1-17(15,16)12-6-4-13(5-7(6)14)3-2-8(9,10)11/h6-7,12,14H,2-5H2,1H3/t6-,7-/m1/s1. The van der Waals surface area contributed by atoms with Crippen LogP contribution < -0.4 is 4.72 Å². The monoisotopic (exact) mass is 276 g/mol. The Morgan fingerprint density at radius 1 is 1.41 bits per heavy atom. The van der Waals surface area contributed by atoms with Crippen LogP contribution in [-0.2, 0) is 10.0 Å². The van der Waals surface area contributed by atoms with Crippen LogP contribution in [-0.4, -0.2) is 62.6 Å². The van der Waals surface area contributed by atoms with Gasteiger partial charge in [-0.05, 0) is 0 Å². The van der Waals surface area contributed by atoms with Crippen molar-refractivity contribution in [3.8, 4) is 0 Å². The number of hydrogen-bond donors (Lipinski definition) is 2. The van der Waals surface area contributed by atoms with Crippen molar-refractivity contribution in [2.75, 3.05) is 25.9 Å². The molecule has 2 N–H and O–H groups in total. The summed E-state index contributed by atoms with van der Waals surface area (Å²) in [7, 11) is -3.47. The molecule has 0 spiro atoms. The maximum Gasteiger partial charge on any atom is 0.390 e. The lowest BCUT2D eigenvalue weighted by atomic mass is 10.2. The summed E-state index contributed by atoms with van der Waals surface area (Å²) in [6.07, 6.45) is -5.24. The zero-order valence-corrected chi connectivity index (χ0v) is 10.1. The minimum atomic E-state index is -4.24. The maximum atomic E-state index is 12.0. The average molecular weight is 276 g/mol. The molecule has 2 atom stereocenters. The Morgan fingerprint density at radius 3 is 2.47 bits per heavy atom. The Morgan fingerprint density at radius 2 is 2.00 bits per heavy atom. The van der Waals surface area contributed by atoms with E-state index < -0.39 is 34.8 Å². The second-order valence-corrected chi connectivity index (χ2v) is 5.97. The molecule has 0 amide bonds. The maximum absolute atomic E-state index is 12.0. The molecule has 1 rings (SSSR count). The van der Waals surface area contributed by atoms with Crippen LogP contribution in [0.4, 0.5) is 13.2 Å². The van der Waals surface area contributed by atoms with E-state index in [2.05, 4.69) is 4.72 Å². The van der Waals surface area contributed by atoms with Gasteiger partial charge in [-0.25, -0.2) is 13.1 Å². The molecule has 5 nitrogen and oxygen atoms in total. The van der Waals surface area contributed by atoms with E-state index in [-0.39, 0.29) is 19.6 Å². The lowest BCUT2D eigenvalue weighted by Crippen LogP contribution is -2.42. The van der Waals surface area contributed by atoms with Gasteiger partial charge in [0, 0.05) is 19.6 Å². The van der Waals surface area contributed by atoms with Crippen molar-refractivity contribution in [1.29, 1.82) is 0 Å². The summed E-state index contributed by atoms with van der Waals surface area (Å²) in [6.45, 7) is -0.101. The topological polar surface area (TPSA) is 69.6 Å². The van der Waals surface area contributed by atoms with Gasteiger partial charge in [0.1, 0.15) is 0 Å². The summed E-state index contributed by atoms with van der Waals surface area (Å²) in [4.78, 5) is 1.39. The van der Waals surface area contributed by atoms with Crippen molar-refractivity contribution in [1.82, 2.24) is 9.62 Å². The molecule has 1 heterocycles. The number of hydrogen-bond acceptors (Lipinski definition) is 4. The molecule has 1 saturated heterocycles. The molecule has 0 aliphatic carbocycles. The highest BCUT2D eigenvalue weighted by Crippen LogP contribution is 2.21. The van der Waals surface area contributed by atoms with Crippen LogP contribution in [0.2, 0.25) is 0 Å². The zero-order chi connectivity index (χ0) is 13.3. The number of rotatable bonds is 4. The molecule has 102 valence electrons. The van der Waals surface area contributed by atoms with E-state index in [4.69, 9.17) is 0 Å². The van der Waals surface area contributed by atoms with Crippen LogP contribution in [0.15, 0.2) is 0 Å².